The summed E-state index contributed by atoms with van der Waals surface area (Å²) in [6, 6.07) is 8.09. The van der Waals surface area contributed by atoms with Crippen LogP contribution in [0.15, 0.2) is 39.7 Å². The molecular weight excluding hydrogens is 419 g/mol. The number of carbonyl (C=O) groups excluding carboxylic acids is 2. The Labute approximate surface area is 161 Å². The van der Waals surface area contributed by atoms with Crippen molar-refractivity contribution in [1.82, 2.24) is 9.19 Å². The van der Waals surface area contributed by atoms with Gasteiger partial charge in [-0.25, -0.2) is 0 Å². The molecule has 9 heteroatoms. The Hall–Kier alpha value is -2.90. The van der Waals surface area contributed by atoms with Gasteiger partial charge in [-0.05, 0) is 0 Å². The monoisotopic (exact) mass is 436 g/mol. The molecule has 0 aliphatic carbocycles. The molecule has 2 aromatic heterocycles. The van der Waals surface area contributed by atoms with Gasteiger partial charge in [0.1, 0.15) is 0 Å². The summed E-state index contributed by atoms with van der Waals surface area (Å²) in [6.45, 7) is 2.05. The van der Waals surface area contributed by atoms with Crippen molar-refractivity contribution in [3.63, 3.8) is 0 Å². The molecule has 0 saturated heterocycles. The average molecular weight is 435 g/mol. The number of methoxy groups -OCH3 is 1. The first-order chi connectivity index (χ1) is 13.1. The summed E-state index contributed by atoms with van der Waals surface area (Å²) >= 11 is -0.0570. The molecule has 0 saturated carbocycles. The fourth-order valence-electron chi connectivity index (χ4n) is 2.29. The standard InChI is InChI=1S/C18H16N2O6Se/c1-3-24-18(22)15-8-13(14-10-27-20-19-14)16(26-15)9-25-12-6-4-11(5-7-12)17(21)23-2/h4-8,10H,3,9H2,1-2H3. The van der Waals surface area contributed by atoms with E-state index < -0.39 is 11.9 Å². The van der Waals surface area contributed by atoms with E-state index in [9.17, 15) is 9.59 Å². The number of hydrogen-bond acceptors (Lipinski definition) is 8. The summed E-state index contributed by atoms with van der Waals surface area (Å²) in [5, 5.41) is 4.08. The van der Waals surface area contributed by atoms with E-state index in [1.165, 1.54) is 7.11 Å². The summed E-state index contributed by atoms with van der Waals surface area (Å²) < 4.78 is 25.0. The summed E-state index contributed by atoms with van der Waals surface area (Å²) in [4.78, 5) is 25.3. The van der Waals surface area contributed by atoms with Gasteiger partial charge in [-0.1, -0.05) is 0 Å². The maximum atomic E-state index is 12.0. The molecule has 3 aromatic rings. The predicted molar refractivity (Wildman–Crippen MR) is 94.7 cm³/mol. The molecule has 0 fully saturated rings. The van der Waals surface area contributed by atoms with Gasteiger partial charge in [0.15, 0.2) is 0 Å². The van der Waals surface area contributed by atoms with Crippen LogP contribution in [0, 0.1) is 0 Å². The van der Waals surface area contributed by atoms with E-state index in [0.29, 0.717) is 28.3 Å². The molecule has 0 aliphatic rings. The van der Waals surface area contributed by atoms with Crippen LogP contribution < -0.4 is 4.74 Å². The Morgan fingerprint density at radius 1 is 1.19 bits per heavy atom. The van der Waals surface area contributed by atoms with E-state index in [-0.39, 0.29) is 33.7 Å². The van der Waals surface area contributed by atoms with Crippen LogP contribution >= 0.6 is 0 Å². The summed E-state index contributed by atoms with van der Waals surface area (Å²) in [5.41, 5.74) is 1.72. The first-order valence-electron chi connectivity index (χ1n) is 8.00. The molecule has 0 amide bonds. The number of carbonyl (C=O) groups is 2. The van der Waals surface area contributed by atoms with Crippen molar-refractivity contribution in [2.45, 2.75) is 13.5 Å². The second-order valence-electron chi connectivity index (χ2n) is 5.26. The zero-order chi connectivity index (χ0) is 19.2. The number of nitrogens with zero attached hydrogens (tertiary/aromatic N) is 2. The van der Waals surface area contributed by atoms with Crippen molar-refractivity contribution < 1.29 is 28.2 Å². The van der Waals surface area contributed by atoms with Crippen molar-refractivity contribution in [2.24, 2.45) is 0 Å². The fourth-order valence-corrected chi connectivity index (χ4v) is 3.25. The van der Waals surface area contributed by atoms with E-state index >= 15 is 0 Å². The van der Waals surface area contributed by atoms with E-state index in [1.807, 2.05) is 4.94 Å². The van der Waals surface area contributed by atoms with Gasteiger partial charge in [0.2, 0.25) is 0 Å². The maximum absolute atomic E-state index is 12.0. The first kappa shape index (κ1) is 18.9. The Kier molecular flexibility index (Phi) is 6.05. The quantitative estimate of drug-likeness (QED) is 0.412. The predicted octanol–water partition coefficient (Wildman–Crippen LogP) is 2.34. The van der Waals surface area contributed by atoms with Gasteiger partial charge < -0.3 is 0 Å². The zero-order valence-electron chi connectivity index (χ0n) is 14.6. The van der Waals surface area contributed by atoms with E-state index in [0.717, 1.165) is 0 Å². The molecule has 0 aliphatic heterocycles. The van der Waals surface area contributed by atoms with Crippen LogP contribution in [0.5, 0.6) is 5.75 Å². The molecule has 0 unspecified atom stereocenters. The minimum atomic E-state index is -0.548. The topological polar surface area (TPSA) is 101 Å². The van der Waals surface area contributed by atoms with Crippen LogP contribution in [0.4, 0.5) is 0 Å². The molecule has 8 nitrogen and oxygen atoms in total. The van der Waals surface area contributed by atoms with Crippen molar-refractivity contribution in [1.29, 1.82) is 0 Å². The normalized spacial score (nSPS) is 10.4. The minimum absolute atomic E-state index is 0.0570. The van der Waals surface area contributed by atoms with E-state index in [1.54, 1.807) is 37.3 Å². The third kappa shape index (κ3) is 4.44. The summed E-state index contributed by atoms with van der Waals surface area (Å²) in [6.07, 6.45) is 0. The van der Waals surface area contributed by atoms with Crippen LogP contribution in [-0.2, 0) is 16.1 Å². The number of esters is 2. The van der Waals surface area contributed by atoms with Crippen molar-refractivity contribution >= 4 is 26.7 Å². The molecule has 0 atom stereocenters. The molecule has 0 N–H and O–H groups in total. The summed E-state index contributed by atoms with van der Waals surface area (Å²) in [5.74, 6) is 0.0942. The number of furan rings is 1. The van der Waals surface area contributed by atoms with E-state index in [2.05, 4.69) is 13.9 Å². The number of hydrogen-bond donors (Lipinski definition) is 0. The molecule has 1 aromatic carbocycles. The van der Waals surface area contributed by atoms with Crippen LogP contribution in [0.2, 0.25) is 0 Å². The Morgan fingerprint density at radius 2 is 1.96 bits per heavy atom. The molecular formula is C18H16N2O6Se. The van der Waals surface area contributed by atoms with Gasteiger partial charge in [0.25, 0.3) is 0 Å². The second kappa shape index (κ2) is 8.66. The third-order valence-electron chi connectivity index (χ3n) is 3.57. The number of rotatable bonds is 7. The van der Waals surface area contributed by atoms with Gasteiger partial charge in [0, 0.05) is 0 Å². The Balaban J connectivity index is 1.79. The molecule has 3 rings (SSSR count). The van der Waals surface area contributed by atoms with Crippen LogP contribution in [0.3, 0.4) is 0 Å². The average Bonchev–Trinajstić information content (AvgIpc) is 3.36. The zero-order valence-corrected chi connectivity index (χ0v) is 16.3. The van der Waals surface area contributed by atoms with Gasteiger partial charge in [-0.2, -0.15) is 0 Å². The second-order valence-corrected chi connectivity index (χ2v) is 6.54. The Bertz CT molecular complexity index is 918. The van der Waals surface area contributed by atoms with Crippen LogP contribution in [-0.4, -0.2) is 49.6 Å². The van der Waals surface area contributed by atoms with Gasteiger partial charge >= 0.3 is 154 Å². The molecule has 27 heavy (non-hydrogen) atoms. The number of benzene rings is 1. The van der Waals surface area contributed by atoms with E-state index in [4.69, 9.17) is 13.9 Å². The van der Waals surface area contributed by atoms with Crippen LogP contribution in [0.25, 0.3) is 11.3 Å². The van der Waals surface area contributed by atoms with Crippen molar-refractivity contribution in [3.05, 3.63) is 52.4 Å². The van der Waals surface area contributed by atoms with Gasteiger partial charge in [-0.3, -0.25) is 0 Å². The molecule has 0 radical (unpaired) electrons. The Morgan fingerprint density at radius 3 is 2.59 bits per heavy atom. The van der Waals surface area contributed by atoms with Gasteiger partial charge in [0.05, 0.1) is 7.11 Å². The SMILES string of the molecule is CCOC(=O)c1cc(-c2c[se]nn2)c(COc2ccc(C(=O)OC)cc2)o1. The number of ether oxygens (including phenoxy) is 3. The van der Waals surface area contributed by atoms with Crippen molar-refractivity contribution in [3.8, 4) is 17.0 Å². The molecule has 140 valence electrons. The third-order valence-corrected chi connectivity index (χ3v) is 4.63. The molecule has 0 bridgehead atoms. The first-order valence-corrected chi connectivity index (χ1v) is 9.76. The fraction of sp³-hybridized carbons (Fsp3) is 0.222. The van der Waals surface area contributed by atoms with Crippen LogP contribution in [0.1, 0.15) is 33.6 Å². The number of aromatic nitrogens is 2. The molecule has 0 spiro atoms. The van der Waals surface area contributed by atoms with Gasteiger partial charge in [-0.15, -0.1) is 0 Å². The van der Waals surface area contributed by atoms with Crippen molar-refractivity contribution in [2.75, 3.05) is 13.7 Å². The summed E-state index contributed by atoms with van der Waals surface area (Å²) in [7, 11) is 1.32. The molecule has 2 heterocycles.